The van der Waals surface area contributed by atoms with Gasteiger partial charge < -0.3 is 15.3 Å². The fourth-order valence-electron chi connectivity index (χ4n) is 2.90. The lowest BCUT2D eigenvalue weighted by atomic mass is 9.96. The highest BCUT2D eigenvalue weighted by Gasteiger charge is 2.28. The molecular weight excluding hydrogens is 308 g/mol. The van der Waals surface area contributed by atoms with Crippen LogP contribution in [0.3, 0.4) is 0 Å². The minimum absolute atomic E-state index is 0.0328. The van der Waals surface area contributed by atoms with Crippen LogP contribution in [0.15, 0.2) is 30.3 Å². The van der Waals surface area contributed by atoms with Crippen molar-refractivity contribution in [2.45, 2.75) is 32.1 Å². The van der Waals surface area contributed by atoms with Gasteiger partial charge in [-0.15, -0.1) is 0 Å². The molecule has 0 radical (unpaired) electrons. The predicted octanol–water partition coefficient (Wildman–Crippen LogP) is 1.91. The summed E-state index contributed by atoms with van der Waals surface area (Å²) in [5, 5.41) is 11.4. The molecule has 1 aromatic carbocycles. The number of benzene rings is 1. The molecule has 6 nitrogen and oxygen atoms in total. The van der Waals surface area contributed by atoms with E-state index in [1.54, 1.807) is 17.0 Å². The third-order valence-corrected chi connectivity index (χ3v) is 4.22. The van der Waals surface area contributed by atoms with Crippen molar-refractivity contribution in [3.05, 3.63) is 35.9 Å². The van der Waals surface area contributed by atoms with E-state index in [0.717, 1.165) is 12.8 Å². The first-order valence-corrected chi connectivity index (χ1v) is 8.42. The zero-order valence-corrected chi connectivity index (χ0v) is 13.7. The minimum atomic E-state index is -0.816. The standard InChI is InChI=1S/C18H24N2O4/c21-16(22)10-4-5-11-19-17(23)15-9-6-12-20(13-15)18(24)14-7-2-1-3-8-14/h1-3,7-8,15H,4-6,9-13H2,(H,19,23)(H,21,22). The Morgan fingerprint density at radius 1 is 1.17 bits per heavy atom. The highest BCUT2D eigenvalue weighted by molar-refractivity contribution is 5.94. The molecule has 1 fully saturated rings. The summed E-state index contributed by atoms with van der Waals surface area (Å²) in [5.74, 6) is -1.08. The summed E-state index contributed by atoms with van der Waals surface area (Å²) in [7, 11) is 0. The Kier molecular flexibility index (Phi) is 6.78. The van der Waals surface area contributed by atoms with Gasteiger partial charge in [0.1, 0.15) is 0 Å². The highest BCUT2D eigenvalue weighted by Crippen LogP contribution is 2.19. The SMILES string of the molecule is O=C(O)CCCCNC(=O)C1CCCN(C(=O)c2ccccc2)C1. The van der Waals surface area contributed by atoms with Crippen LogP contribution in [0.2, 0.25) is 0 Å². The van der Waals surface area contributed by atoms with E-state index in [0.29, 0.717) is 38.0 Å². The van der Waals surface area contributed by atoms with Crippen molar-refractivity contribution in [1.82, 2.24) is 10.2 Å². The number of likely N-dealkylation sites (tertiary alicyclic amines) is 1. The first-order valence-electron chi connectivity index (χ1n) is 8.42. The van der Waals surface area contributed by atoms with Gasteiger partial charge in [-0.1, -0.05) is 18.2 Å². The number of unbranched alkanes of at least 4 members (excludes halogenated alkanes) is 1. The lowest BCUT2D eigenvalue weighted by Crippen LogP contribution is -2.45. The van der Waals surface area contributed by atoms with Crippen molar-refractivity contribution in [3.8, 4) is 0 Å². The molecule has 1 aliphatic heterocycles. The van der Waals surface area contributed by atoms with Crippen molar-refractivity contribution in [3.63, 3.8) is 0 Å². The summed E-state index contributed by atoms with van der Waals surface area (Å²) in [4.78, 5) is 36.9. The Balaban J connectivity index is 1.78. The maximum atomic E-state index is 12.5. The van der Waals surface area contributed by atoms with E-state index in [-0.39, 0.29) is 24.2 Å². The van der Waals surface area contributed by atoms with Crippen molar-refractivity contribution in [1.29, 1.82) is 0 Å². The van der Waals surface area contributed by atoms with Crippen LogP contribution in [0, 0.1) is 5.92 Å². The van der Waals surface area contributed by atoms with E-state index in [9.17, 15) is 14.4 Å². The molecule has 2 rings (SSSR count). The maximum Gasteiger partial charge on any atom is 0.303 e. The molecule has 6 heteroatoms. The molecule has 2 amide bonds. The average molecular weight is 332 g/mol. The second kappa shape index (κ2) is 9.05. The van der Waals surface area contributed by atoms with Crippen LogP contribution in [-0.4, -0.2) is 47.4 Å². The third kappa shape index (κ3) is 5.37. The molecule has 24 heavy (non-hydrogen) atoms. The molecule has 0 spiro atoms. The van der Waals surface area contributed by atoms with E-state index in [1.807, 2.05) is 18.2 Å². The van der Waals surface area contributed by atoms with Gasteiger partial charge in [0.15, 0.2) is 0 Å². The Hall–Kier alpha value is -2.37. The van der Waals surface area contributed by atoms with E-state index in [1.165, 1.54) is 0 Å². The molecule has 1 saturated heterocycles. The van der Waals surface area contributed by atoms with Crippen LogP contribution in [0.1, 0.15) is 42.5 Å². The van der Waals surface area contributed by atoms with Crippen molar-refractivity contribution < 1.29 is 19.5 Å². The number of hydrogen-bond acceptors (Lipinski definition) is 3. The molecular formula is C18H24N2O4. The van der Waals surface area contributed by atoms with Crippen LogP contribution in [0.5, 0.6) is 0 Å². The monoisotopic (exact) mass is 332 g/mol. The molecule has 0 aliphatic carbocycles. The van der Waals surface area contributed by atoms with E-state index >= 15 is 0 Å². The van der Waals surface area contributed by atoms with Gasteiger partial charge in [0.25, 0.3) is 5.91 Å². The van der Waals surface area contributed by atoms with Gasteiger partial charge >= 0.3 is 5.97 Å². The number of carboxylic acid groups (broad SMARTS) is 1. The number of nitrogens with one attached hydrogen (secondary N) is 1. The molecule has 130 valence electrons. The smallest absolute Gasteiger partial charge is 0.303 e. The fraction of sp³-hybridized carbons (Fsp3) is 0.500. The number of carbonyl (C=O) groups excluding carboxylic acids is 2. The van der Waals surface area contributed by atoms with E-state index in [4.69, 9.17) is 5.11 Å². The second-order valence-corrected chi connectivity index (χ2v) is 6.10. The first-order chi connectivity index (χ1) is 11.6. The number of piperidine rings is 1. The molecule has 0 bridgehead atoms. The molecule has 0 aromatic heterocycles. The normalized spacial score (nSPS) is 17.3. The zero-order chi connectivity index (χ0) is 17.4. The van der Waals surface area contributed by atoms with Crippen molar-refractivity contribution in [2.24, 2.45) is 5.92 Å². The highest BCUT2D eigenvalue weighted by atomic mass is 16.4. The van der Waals surface area contributed by atoms with Crippen LogP contribution in [0.4, 0.5) is 0 Å². The quantitative estimate of drug-likeness (QED) is 0.747. The first kappa shape index (κ1) is 18.0. The van der Waals surface area contributed by atoms with Crippen LogP contribution in [0.25, 0.3) is 0 Å². The van der Waals surface area contributed by atoms with Gasteiger partial charge in [-0.05, 0) is 37.8 Å². The topological polar surface area (TPSA) is 86.7 Å². The number of hydrogen-bond donors (Lipinski definition) is 2. The van der Waals surface area contributed by atoms with Gasteiger partial charge in [0, 0.05) is 31.6 Å². The maximum absolute atomic E-state index is 12.5. The van der Waals surface area contributed by atoms with E-state index in [2.05, 4.69) is 5.32 Å². The third-order valence-electron chi connectivity index (χ3n) is 4.22. The Labute approximate surface area is 141 Å². The summed E-state index contributed by atoms with van der Waals surface area (Å²) in [5.41, 5.74) is 0.646. The van der Waals surface area contributed by atoms with Gasteiger partial charge in [-0.25, -0.2) is 0 Å². The van der Waals surface area contributed by atoms with Gasteiger partial charge in [-0.3, -0.25) is 14.4 Å². The number of rotatable bonds is 7. The molecule has 1 aliphatic rings. The Bertz CT molecular complexity index is 574. The summed E-state index contributed by atoms with van der Waals surface area (Å²) in [6.07, 6.45) is 2.92. The van der Waals surface area contributed by atoms with E-state index < -0.39 is 5.97 Å². The summed E-state index contributed by atoms with van der Waals surface area (Å²) < 4.78 is 0. The van der Waals surface area contributed by atoms with Crippen molar-refractivity contribution in [2.75, 3.05) is 19.6 Å². The average Bonchev–Trinajstić information content (AvgIpc) is 2.61. The molecule has 1 unspecified atom stereocenters. The molecule has 0 saturated carbocycles. The molecule has 1 aromatic rings. The summed E-state index contributed by atoms with van der Waals surface area (Å²) >= 11 is 0. The number of amides is 2. The molecule has 1 heterocycles. The Morgan fingerprint density at radius 3 is 2.62 bits per heavy atom. The zero-order valence-electron chi connectivity index (χ0n) is 13.7. The number of aliphatic carboxylic acids is 1. The summed E-state index contributed by atoms with van der Waals surface area (Å²) in [6, 6.07) is 9.10. The van der Waals surface area contributed by atoms with Gasteiger partial charge in [-0.2, -0.15) is 0 Å². The number of carboxylic acids is 1. The fourth-order valence-corrected chi connectivity index (χ4v) is 2.90. The van der Waals surface area contributed by atoms with Crippen molar-refractivity contribution >= 4 is 17.8 Å². The predicted molar refractivity (Wildman–Crippen MR) is 89.6 cm³/mol. The molecule has 1 atom stereocenters. The van der Waals surface area contributed by atoms with Crippen LogP contribution >= 0.6 is 0 Å². The number of carbonyl (C=O) groups is 3. The van der Waals surface area contributed by atoms with Gasteiger partial charge in [0.05, 0.1) is 5.92 Å². The van der Waals surface area contributed by atoms with Crippen LogP contribution in [-0.2, 0) is 9.59 Å². The lowest BCUT2D eigenvalue weighted by Gasteiger charge is -2.32. The Morgan fingerprint density at radius 2 is 1.92 bits per heavy atom. The van der Waals surface area contributed by atoms with Gasteiger partial charge in [0.2, 0.25) is 5.91 Å². The number of nitrogens with zero attached hydrogens (tertiary/aromatic N) is 1. The summed E-state index contributed by atoms with van der Waals surface area (Å²) in [6.45, 7) is 1.60. The lowest BCUT2D eigenvalue weighted by molar-refractivity contribution is -0.137. The molecule has 2 N–H and O–H groups in total. The minimum Gasteiger partial charge on any atom is -0.481 e. The van der Waals surface area contributed by atoms with Crippen LogP contribution < -0.4 is 5.32 Å². The second-order valence-electron chi connectivity index (χ2n) is 6.10. The largest absolute Gasteiger partial charge is 0.481 e.